The summed E-state index contributed by atoms with van der Waals surface area (Å²) < 4.78 is 9.71. The molecule has 6 rings (SSSR count). The van der Waals surface area contributed by atoms with E-state index in [0.717, 1.165) is 72.8 Å². The summed E-state index contributed by atoms with van der Waals surface area (Å²) in [5.41, 5.74) is 3.32. The highest BCUT2D eigenvalue weighted by molar-refractivity contribution is 5.88. The van der Waals surface area contributed by atoms with Crippen LogP contribution in [0.25, 0.3) is 16.9 Å². The van der Waals surface area contributed by atoms with Gasteiger partial charge in [0.2, 0.25) is 0 Å². The van der Waals surface area contributed by atoms with Gasteiger partial charge < -0.3 is 14.6 Å². The van der Waals surface area contributed by atoms with Crippen LogP contribution in [0.3, 0.4) is 0 Å². The van der Waals surface area contributed by atoms with E-state index in [1.54, 1.807) is 0 Å². The first-order valence-electron chi connectivity index (χ1n) is 11.8. The van der Waals surface area contributed by atoms with Crippen LogP contribution in [0.1, 0.15) is 55.5 Å². The Kier molecular flexibility index (Phi) is 4.90. The molecule has 2 atom stereocenters. The molecule has 4 heterocycles. The van der Waals surface area contributed by atoms with Crippen molar-refractivity contribution in [2.75, 3.05) is 13.2 Å². The predicted octanol–water partition coefficient (Wildman–Crippen LogP) is 3.87. The molecule has 33 heavy (non-hydrogen) atoms. The fourth-order valence-corrected chi connectivity index (χ4v) is 5.06. The molecular weight excluding hydrogens is 414 g/mol. The Bertz CT molecular complexity index is 1310. The van der Waals surface area contributed by atoms with Gasteiger partial charge in [-0.1, -0.05) is 18.2 Å². The molecule has 8 heteroatoms. The van der Waals surface area contributed by atoms with E-state index in [1.807, 2.05) is 24.6 Å². The summed E-state index contributed by atoms with van der Waals surface area (Å²) in [7, 11) is 2.12. The molecule has 0 radical (unpaired) electrons. The van der Waals surface area contributed by atoms with Crippen LogP contribution in [-0.4, -0.2) is 43.4 Å². The highest BCUT2D eigenvalue weighted by atomic mass is 16.5. The van der Waals surface area contributed by atoms with Crippen molar-refractivity contribution in [3.05, 3.63) is 59.6 Å². The average molecular weight is 444 g/mol. The third-order valence-electron chi connectivity index (χ3n) is 6.82. The van der Waals surface area contributed by atoms with Gasteiger partial charge in [-0.3, -0.25) is 0 Å². The molecule has 170 valence electrons. The highest BCUT2D eigenvalue weighted by Crippen LogP contribution is 2.49. The number of hydrogen-bond acceptors (Lipinski definition) is 6. The molecule has 3 aromatic rings. The quantitative estimate of drug-likeness (QED) is 0.662. The molecule has 1 saturated heterocycles. The molecule has 1 saturated carbocycles. The van der Waals surface area contributed by atoms with E-state index in [-0.39, 0.29) is 0 Å². The average Bonchev–Trinajstić information content (AvgIpc) is 3.32. The number of benzene rings is 1. The summed E-state index contributed by atoms with van der Waals surface area (Å²) in [4.78, 5) is 14.4. The van der Waals surface area contributed by atoms with E-state index in [1.165, 1.54) is 5.52 Å². The number of aromatic nitrogens is 5. The summed E-state index contributed by atoms with van der Waals surface area (Å²) in [6.45, 7) is 5.49. The molecule has 8 nitrogen and oxygen atoms in total. The van der Waals surface area contributed by atoms with E-state index in [4.69, 9.17) is 24.8 Å². The molecule has 1 aromatic carbocycles. The minimum absolute atomic E-state index is 0.351. The van der Waals surface area contributed by atoms with E-state index in [9.17, 15) is 0 Å². The van der Waals surface area contributed by atoms with Crippen LogP contribution in [0.5, 0.6) is 0 Å². The Morgan fingerprint density at radius 3 is 2.73 bits per heavy atom. The fourth-order valence-electron chi connectivity index (χ4n) is 5.06. The lowest BCUT2D eigenvalue weighted by atomic mass is 9.99. The monoisotopic (exact) mass is 443 g/mol. The van der Waals surface area contributed by atoms with Gasteiger partial charge in [0.15, 0.2) is 5.82 Å². The molecule has 2 aliphatic heterocycles. The normalized spacial score (nSPS) is 24.6. The first-order chi connectivity index (χ1) is 16.1. The minimum Gasteiger partial charge on any atom is -0.381 e. The van der Waals surface area contributed by atoms with Gasteiger partial charge in [0, 0.05) is 43.9 Å². The first kappa shape index (κ1) is 20.4. The van der Waals surface area contributed by atoms with Crippen molar-refractivity contribution >= 4 is 22.7 Å². The van der Waals surface area contributed by atoms with Gasteiger partial charge in [-0.25, -0.2) is 15.0 Å². The lowest BCUT2D eigenvalue weighted by Crippen LogP contribution is -2.25. The number of fused-ring (bicyclic) bond motifs is 1. The smallest absolute Gasteiger partial charge is 0.159 e. The Hall–Kier alpha value is -3.26. The zero-order valence-corrected chi connectivity index (χ0v) is 19.3. The van der Waals surface area contributed by atoms with Gasteiger partial charge >= 0.3 is 0 Å². The predicted molar refractivity (Wildman–Crippen MR) is 128 cm³/mol. The van der Waals surface area contributed by atoms with E-state index >= 15 is 0 Å². The van der Waals surface area contributed by atoms with Gasteiger partial charge in [0.25, 0.3) is 0 Å². The van der Waals surface area contributed by atoms with Crippen LogP contribution in [0.2, 0.25) is 0 Å². The second kappa shape index (κ2) is 7.95. The van der Waals surface area contributed by atoms with Gasteiger partial charge in [0.1, 0.15) is 23.3 Å². The number of imidazole rings is 1. The Labute approximate surface area is 193 Å². The molecule has 2 aromatic heterocycles. The number of para-hydroxylation sites is 2. The van der Waals surface area contributed by atoms with Crippen LogP contribution < -0.4 is 5.32 Å². The van der Waals surface area contributed by atoms with Crippen LogP contribution in [0.4, 0.5) is 0 Å². The van der Waals surface area contributed by atoms with E-state index < -0.39 is 0 Å². The summed E-state index contributed by atoms with van der Waals surface area (Å²) >= 11 is 0. The second-order valence-corrected chi connectivity index (χ2v) is 9.29. The third-order valence-corrected chi connectivity index (χ3v) is 6.82. The molecular formula is C25H29N7O. The number of ether oxygens (including phenoxy) is 1. The topological polar surface area (TPSA) is 82.2 Å². The maximum Gasteiger partial charge on any atom is 0.159 e. The summed E-state index contributed by atoms with van der Waals surface area (Å²) in [6.07, 6.45) is 7.46. The molecule has 2 fully saturated rings. The van der Waals surface area contributed by atoms with Gasteiger partial charge in [-0.05, 0) is 51.2 Å². The summed E-state index contributed by atoms with van der Waals surface area (Å²) in [5.74, 6) is 5.87. The molecule has 1 N–H and O–H groups in total. The van der Waals surface area contributed by atoms with Gasteiger partial charge in [-0.2, -0.15) is 4.68 Å². The van der Waals surface area contributed by atoms with Crippen molar-refractivity contribution in [1.82, 2.24) is 29.6 Å². The van der Waals surface area contributed by atoms with Crippen molar-refractivity contribution < 1.29 is 4.74 Å². The van der Waals surface area contributed by atoms with Gasteiger partial charge in [0.05, 0.1) is 11.0 Å². The number of aliphatic imine (C=N–C) groups is 1. The minimum atomic E-state index is 0.351. The number of allylic oxidation sites excluding steroid dienone is 2. The third kappa shape index (κ3) is 3.78. The van der Waals surface area contributed by atoms with Crippen molar-refractivity contribution in [2.45, 2.75) is 44.9 Å². The summed E-state index contributed by atoms with van der Waals surface area (Å²) in [6, 6.07) is 8.34. The first-order valence-corrected chi connectivity index (χ1v) is 11.8. The molecule has 3 aliphatic rings. The van der Waals surface area contributed by atoms with Crippen molar-refractivity contribution in [1.29, 1.82) is 0 Å². The van der Waals surface area contributed by atoms with E-state index in [0.29, 0.717) is 17.8 Å². The largest absolute Gasteiger partial charge is 0.381 e. The van der Waals surface area contributed by atoms with E-state index in [2.05, 4.69) is 47.3 Å². The number of hydrogen-bond donors (Lipinski definition) is 1. The molecule has 0 bridgehead atoms. The number of rotatable bonds is 4. The number of nitrogens with zero attached hydrogens (tertiary/aromatic N) is 6. The molecule has 1 aliphatic carbocycles. The lowest BCUT2D eigenvalue weighted by molar-refractivity contribution is 0.0832. The standard InChI is InChI=1S/C25H29N7O/c1-15-26-19(12-18-13-20(18)25-29-21-6-4-5-7-22(21)31(25)3)14-23(27-15)32-24(28-16(2)30-32)17-8-10-33-11-9-17/h4-7,12,14,17-18,20H,8-11,13H2,1-3H3,(H,26,27). The maximum atomic E-state index is 5.55. The maximum absolute atomic E-state index is 5.55. The summed E-state index contributed by atoms with van der Waals surface area (Å²) in [5, 5.41) is 8.13. The van der Waals surface area contributed by atoms with Crippen LogP contribution in [0.15, 0.2) is 47.1 Å². The molecule has 2 unspecified atom stereocenters. The van der Waals surface area contributed by atoms with Crippen LogP contribution in [0, 0.1) is 12.8 Å². The van der Waals surface area contributed by atoms with Crippen molar-refractivity contribution in [3.8, 4) is 0 Å². The zero-order valence-electron chi connectivity index (χ0n) is 19.3. The van der Waals surface area contributed by atoms with Crippen molar-refractivity contribution in [2.24, 2.45) is 18.0 Å². The Balaban J connectivity index is 1.28. The Morgan fingerprint density at radius 2 is 1.91 bits per heavy atom. The number of amidine groups is 1. The van der Waals surface area contributed by atoms with Crippen LogP contribution in [-0.2, 0) is 11.8 Å². The number of aryl methyl sites for hydroxylation is 2. The van der Waals surface area contributed by atoms with Crippen molar-refractivity contribution in [3.63, 3.8) is 0 Å². The van der Waals surface area contributed by atoms with Gasteiger partial charge in [-0.15, -0.1) is 5.10 Å². The molecule has 0 spiro atoms. The highest BCUT2D eigenvalue weighted by Gasteiger charge is 2.40. The zero-order chi connectivity index (χ0) is 22.5. The molecule has 0 amide bonds. The SMILES string of the molecule is CC1=NC(n2nc(C)nc2C2CCOCC2)=CC(=CC2CC2c2nc3ccccc3n2C)N1. The second-order valence-electron chi connectivity index (χ2n) is 9.29. The Morgan fingerprint density at radius 1 is 1.09 bits per heavy atom. The number of nitrogens with one attached hydrogen (secondary N) is 1. The fraction of sp³-hybridized carbons (Fsp3) is 0.440. The van der Waals surface area contributed by atoms with Crippen LogP contribution >= 0.6 is 0 Å². The lowest BCUT2D eigenvalue weighted by Gasteiger charge is -2.22.